The number of allylic oxidation sites excluding steroid dienone is 1. The number of ether oxygens (including phenoxy) is 2. The first-order valence-electron chi connectivity index (χ1n) is 13.7. The zero-order chi connectivity index (χ0) is 29.1. The van der Waals surface area contributed by atoms with Crippen LogP contribution in [0, 0.1) is 11.8 Å². The summed E-state index contributed by atoms with van der Waals surface area (Å²) in [6, 6.07) is -1.78. The Kier molecular flexibility index (Phi) is 10.4. The number of hydrogen-bond acceptors (Lipinski definition) is 7. The van der Waals surface area contributed by atoms with Crippen molar-refractivity contribution in [2.24, 2.45) is 11.8 Å². The number of esters is 1. The predicted octanol–water partition coefficient (Wildman–Crippen LogP) is 1.94. The van der Waals surface area contributed by atoms with Gasteiger partial charge in [0.15, 0.2) is 0 Å². The number of fused-ring (bicyclic) bond motifs is 1. The predicted molar refractivity (Wildman–Crippen MR) is 149 cm³/mol. The highest BCUT2D eigenvalue weighted by Gasteiger charge is 2.77. The fourth-order valence-electron chi connectivity index (χ4n) is 6.17. The molecular formula is C28H42BrN3O7. The highest BCUT2D eigenvalue weighted by Crippen LogP contribution is 2.60. The van der Waals surface area contributed by atoms with Gasteiger partial charge in [-0.25, -0.2) is 0 Å². The van der Waals surface area contributed by atoms with Crippen molar-refractivity contribution in [2.45, 2.75) is 94.1 Å². The Morgan fingerprint density at radius 2 is 2.00 bits per heavy atom. The van der Waals surface area contributed by atoms with E-state index in [2.05, 4.69) is 34.4 Å². The quantitative estimate of drug-likeness (QED) is 0.175. The number of alkyl halides is 1. The van der Waals surface area contributed by atoms with Gasteiger partial charge in [0, 0.05) is 23.8 Å². The van der Waals surface area contributed by atoms with Gasteiger partial charge in [0.25, 0.3) is 0 Å². The second-order valence-electron chi connectivity index (χ2n) is 10.9. The van der Waals surface area contributed by atoms with E-state index in [4.69, 9.17) is 9.47 Å². The number of hydrogen-bond donors (Lipinski definition) is 2. The largest absolute Gasteiger partial charge is 0.460 e. The van der Waals surface area contributed by atoms with Crippen molar-refractivity contribution in [3.63, 3.8) is 0 Å². The molecule has 11 heteroatoms. The van der Waals surface area contributed by atoms with Gasteiger partial charge >= 0.3 is 5.97 Å². The van der Waals surface area contributed by atoms with Crippen molar-refractivity contribution in [1.82, 2.24) is 15.1 Å². The summed E-state index contributed by atoms with van der Waals surface area (Å²) in [5, 5.41) is 12.9. The molecule has 3 saturated heterocycles. The summed E-state index contributed by atoms with van der Waals surface area (Å²) in [5.41, 5.74) is -1.24. The fraction of sp³-hybridized carbons (Fsp3) is 0.714. The van der Waals surface area contributed by atoms with E-state index in [1.54, 1.807) is 24.0 Å². The third kappa shape index (κ3) is 5.81. The number of amides is 3. The van der Waals surface area contributed by atoms with Crippen molar-refractivity contribution < 1.29 is 33.8 Å². The van der Waals surface area contributed by atoms with Gasteiger partial charge in [-0.3, -0.25) is 19.2 Å². The number of aliphatic hydroxyl groups is 1. The molecule has 0 aliphatic carbocycles. The second-order valence-corrected chi connectivity index (χ2v) is 12.1. The average molecular weight is 613 g/mol. The lowest BCUT2D eigenvalue weighted by Crippen LogP contribution is -2.60. The van der Waals surface area contributed by atoms with Crippen LogP contribution in [0.4, 0.5) is 0 Å². The van der Waals surface area contributed by atoms with Crippen LogP contribution in [0.1, 0.15) is 53.4 Å². The highest BCUT2D eigenvalue weighted by molar-refractivity contribution is 9.09. The summed E-state index contributed by atoms with van der Waals surface area (Å²) in [4.78, 5) is 56.5. The fourth-order valence-corrected chi connectivity index (χ4v) is 7.11. The Bertz CT molecular complexity index is 971. The van der Waals surface area contributed by atoms with E-state index in [-0.39, 0.29) is 48.3 Å². The van der Waals surface area contributed by atoms with E-state index in [0.717, 1.165) is 0 Å². The van der Waals surface area contributed by atoms with Gasteiger partial charge in [-0.05, 0) is 40.0 Å². The standard InChI is InChI=1S/C28H42BrN3O7/c1-7-10-11-20(34)30-14-17(6)38-27(37)21-22-25(35)32(18(9-3)15-33)24(26(36)31(12-8-2)16(4)5)28(22)13-19(29)23(21)39-28/h7-8,16-19,21-24,33H,1-2,9-15H2,3-6H3,(H,30,34)/t17-,18-,19?,21+,22-,23+,24+,28-/m0/s1. The van der Waals surface area contributed by atoms with Gasteiger partial charge < -0.3 is 29.7 Å². The van der Waals surface area contributed by atoms with Gasteiger partial charge in [0.05, 0.1) is 37.1 Å². The van der Waals surface area contributed by atoms with Gasteiger partial charge in [0.1, 0.15) is 17.7 Å². The number of halogens is 1. The lowest BCUT2D eigenvalue weighted by atomic mass is 9.70. The first-order valence-corrected chi connectivity index (χ1v) is 14.6. The molecule has 0 aromatic heterocycles. The zero-order valence-corrected chi connectivity index (χ0v) is 24.9. The molecule has 3 aliphatic rings. The van der Waals surface area contributed by atoms with Crippen molar-refractivity contribution >= 4 is 39.6 Å². The maximum atomic E-state index is 14.1. The number of carbonyl (C=O) groups is 4. The first kappa shape index (κ1) is 31.3. The molecule has 1 unspecified atom stereocenters. The van der Waals surface area contributed by atoms with Gasteiger partial charge in [0.2, 0.25) is 17.7 Å². The Balaban J connectivity index is 1.92. The average Bonchev–Trinajstić information content (AvgIpc) is 3.48. The number of nitrogens with one attached hydrogen (secondary N) is 1. The van der Waals surface area contributed by atoms with Crippen LogP contribution in [0.15, 0.2) is 25.3 Å². The SMILES string of the molecule is C=CCCC(=O)NC[C@H](C)OC(=O)[C@H]1[C@@H]2O[C@@]3(CC2Br)[C@@H]1C(=O)N([C@@H](CC)CO)[C@@H]3C(=O)N(CC=C)C(C)C. The van der Waals surface area contributed by atoms with Crippen LogP contribution in [0.5, 0.6) is 0 Å². The molecule has 218 valence electrons. The molecule has 1 spiro atoms. The molecule has 8 atom stereocenters. The zero-order valence-electron chi connectivity index (χ0n) is 23.3. The van der Waals surface area contributed by atoms with Crippen LogP contribution >= 0.6 is 15.9 Å². The number of likely N-dealkylation sites (tertiary alicyclic amines) is 1. The van der Waals surface area contributed by atoms with Crippen molar-refractivity contribution in [1.29, 1.82) is 0 Å². The Morgan fingerprint density at radius 1 is 1.31 bits per heavy atom. The molecule has 39 heavy (non-hydrogen) atoms. The molecule has 2 N–H and O–H groups in total. The van der Waals surface area contributed by atoms with E-state index in [9.17, 15) is 24.3 Å². The number of nitrogens with zero attached hydrogens (tertiary/aromatic N) is 2. The molecular weight excluding hydrogens is 570 g/mol. The maximum absolute atomic E-state index is 14.1. The van der Waals surface area contributed by atoms with Gasteiger partial charge in [-0.1, -0.05) is 35.0 Å². The minimum Gasteiger partial charge on any atom is -0.460 e. The van der Waals surface area contributed by atoms with E-state index in [1.807, 2.05) is 20.8 Å². The molecule has 3 fully saturated rings. The van der Waals surface area contributed by atoms with Crippen LogP contribution < -0.4 is 5.32 Å². The summed E-state index contributed by atoms with van der Waals surface area (Å²) < 4.78 is 12.2. The monoisotopic (exact) mass is 611 g/mol. The Morgan fingerprint density at radius 3 is 2.56 bits per heavy atom. The lowest BCUT2D eigenvalue weighted by Gasteiger charge is -2.40. The Hall–Kier alpha value is -2.24. The molecule has 3 rings (SSSR count). The maximum Gasteiger partial charge on any atom is 0.312 e. The lowest BCUT2D eigenvalue weighted by molar-refractivity contribution is -0.160. The summed E-state index contributed by atoms with van der Waals surface area (Å²) in [6.45, 7) is 14.8. The van der Waals surface area contributed by atoms with Crippen molar-refractivity contribution in [2.75, 3.05) is 19.7 Å². The normalized spacial score (nSPS) is 30.6. The van der Waals surface area contributed by atoms with E-state index >= 15 is 0 Å². The molecule has 2 bridgehead atoms. The minimum atomic E-state index is -1.24. The minimum absolute atomic E-state index is 0.127. The third-order valence-corrected chi connectivity index (χ3v) is 8.87. The number of aliphatic hydroxyl groups excluding tert-OH is 1. The highest BCUT2D eigenvalue weighted by atomic mass is 79.9. The smallest absolute Gasteiger partial charge is 0.312 e. The van der Waals surface area contributed by atoms with Crippen LogP contribution in [0.25, 0.3) is 0 Å². The summed E-state index contributed by atoms with van der Waals surface area (Å²) >= 11 is 3.64. The molecule has 0 radical (unpaired) electrons. The van der Waals surface area contributed by atoms with E-state index in [1.165, 1.54) is 4.90 Å². The summed E-state index contributed by atoms with van der Waals surface area (Å²) in [7, 11) is 0. The molecule has 0 aromatic rings. The molecule has 3 heterocycles. The second kappa shape index (κ2) is 13.0. The Labute approximate surface area is 239 Å². The van der Waals surface area contributed by atoms with Crippen LogP contribution in [0.3, 0.4) is 0 Å². The van der Waals surface area contributed by atoms with Gasteiger partial charge in [-0.2, -0.15) is 0 Å². The number of rotatable bonds is 14. The molecule has 3 amide bonds. The van der Waals surface area contributed by atoms with Gasteiger partial charge in [-0.15, -0.1) is 13.2 Å². The third-order valence-electron chi connectivity index (χ3n) is 8.02. The van der Waals surface area contributed by atoms with Crippen molar-refractivity contribution in [3.8, 4) is 0 Å². The molecule has 10 nitrogen and oxygen atoms in total. The van der Waals surface area contributed by atoms with Crippen LogP contribution in [-0.2, 0) is 28.7 Å². The topological polar surface area (TPSA) is 125 Å². The molecule has 0 saturated carbocycles. The summed E-state index contributed by atoms with van der Waals surface area (Å²) in [5.74, 6) is -3.31. The first-order chi connectivity index (χ1) is 18.5. The van der Waals surface area contributed by atoms with E-state index < -0.39 is 47.7 Å². The van der Waals surface area contributed by atoms with Crippen LogP contribution in [0.2, 0.25) is 0 Å². The molecule has 3 aliphatic heterocycles. The molecule has 0 aromatic carbocycles. The van der Waals surface area contributed by atoms with Crippen molar-refractivity contribution in [3.05, 3.63) is 25.3 Å². The van der Waals surface area contributed by atoms with E-state index in [0.29, 0.717) is 25.7 Å². The number of carbonyl (C=O) groups excluding carboxylic acids is 4. The summed E-state index contributed by atoms with van der Waals surface area (Å²) in [6.07, 6.45) is 3.63. The van der Waals surface area contributed by atoms with Crippen LogP contribution in [-0.4, -0.2) is 99.1 Å².